The molecule has 2 aromatic heterocycles. The summed E-state index contributed by atoms with van der Waals surface area (Å²) in [6.45, 7) is 2.11. The van der Waals surface area contributed by atoms with Gasteiger partial charge in [-0.05, 0) is 36.6 Å². The Morgan fingerprint density at radius 2 is 1.92 bits per heavy atom. The second-order valence-electron chi connectivity index (χ2n) is 7.15. The number of piperidine rings is 1. The van der Waals surface area contributed by atoms with Crippen LogP contribution in [-0.2, 0) is 6.54 Å². The number of benzene rings is 1. The number of likely N-dealkylation sites (tertiary alicyclic amines) is 1. The largest absolute Gasteiger partial charge is 0.361 e. The molecule has 0 saturated carbocycles. The van der Waals surface area contributed by atoms with E-state index in [1.807, 2.05) is 52.1 Å². The zero-order valence-corrected chi connectivity index (χ0v) is 13.8. The van der Waals surface area contributed by atoms with Crippen LogP contribution in [0.25, 0.3) is 10.9 Å². The number of aromatic nitrogens is 2. The normalized spacial score (nSPS) is 22.0. The third-order valence-corrected chi connectivity index (χ3v) is 5.59. The molecule has 0 spiro atoms. The summed E-state index contributed by atoms with van der Waals surface area (Å²) >= 11 is 0. The average molecular weight is 333 g/mol. The molecule has 1 aromatic carbocycles. The van der Waals surface area contributed by atoms with Crippen molar-refractivity contribution in [3.63, 3.8) is 0 Å². The summed E-state index contributed by atoms with van der Waals surface area (Å²) in [6.07, 6.45) is 2.93. The van der Waals surface area contributed by atoms with Crippen LogP contribution in [-0.4, -0.2) is 33.4 Å². The fourth-order valence-corrected chi connectivity index (χ4v) is 4.50. The number of carbonyl (C=O) groups excluding carboxylic acids is 1. The maximum absolute atomic E-state index is 13.2. The number of nitrogens with one attached hydrogen (secondary N) is 1. The summed E-state index contributed by atoms with van der Waals surface area (Å²) in [5.41, 5.74) is 2.88. The van der Waals surface area contributed by atoms with Crippen LogP contribution in [0.15, 0.2) is 53.5 Å². The Morgan fingerprint density at radius 3 is 2.84 bits per heavy atom. The minimum Gasteiger partial charge on any atom is -0.361 e. The van der Waals surface area contributed by atoms with Crippen LogP contribution in [0.3, 0.4) is 0 Å². The quantitative estimate of drug-likeness (QED) is 0.744. The molecule has 5 heteroatoms. The van der Waals surface area contributed by atoms with E-state index < -0.39 is 0 Å². The van der Waals surface area contributed by atoms with Gasteiger partial charge in [0, 0.05) is 60.0 Å². The van der Waals surface area contributed by atoms with Crippen molar-refractivity contribution in [2.45, 2.75) is 18.9 Å². The monoisotopic (exact) mass is 333 g/mol. The average Bonchev–Trinajstić information content (AvgIpc) is 3.11. The van der Waals surface area contributed by atoms with Gasteiger partial charge in [-0.3, -0.25) is 9.59 Å². The van der Waals surface area contributed by atoms with E-state index in [4.69, 9.17) is 0 Å². The third-order valence-electron chi connectivity index (χ3n) is 5.59. The molecule has 2 bridgehead atoms. The Balaban J connectivity index is 1.50. The SMILES string of the molecule is O=C(c1cccc2[nH]ccc12)N1C[C@@H]2C[C@H](C1)c1cccc(=O)n1C2. The number of pyridine rings is 1. The first-order valence-electron chi connectivity index (χ1n) is 8.76. The van der Waals surface area contributed by atoms with Gasteiger partial charge in [0.05, 0.1) is 0 Å². The Kier molecular flexibility index (Phi) is 3.10. The molecular formula is C20H19N3O2. The van der Waals surface area contributed by atoms with Crippen LogP contribution in [0.5, 0.6) is 0 Å². The molecule has 2 atom stereocenters. The molecule has 1 saturated heterocycles. The Labute approximate surface area is 144 Å². The molecular weight excluding hydrogens is 314 g/mol. The Morgan fingerprint density at radius 1 is 1.04 bits per heavy atom. The number of aromatic amines is 1. The maximum atomic E-state index is 13.2. The number of nitrogens with zero attached hydrogens (tertiary/aromatic N) is 2. The number of carbonyl (C=O) groups is 1. The van der Waals surface area contributed by atoms with Gasteiger partial charge in [-0.25, -0.2) is 0 Å². The number of amides is 1. The predicted octanol–water partition coefficient (Wildman–Crippen LogP) is 2.59. The Bertz CT molecular complexity index is 1030. The minimum absolute atomic E-state index is 0.0732. The molecule has 4 heterocycles. The first-order chi connectivity index (χ1) is 12.2. The second kappa shape index (κ2) is 5.34. The summed E-state index contributed by atoms with van der Waals surface area (Å²) in [5.74, 6) is 0.683. The number of hydrogen-bond acceptors (Lipinski definition) is 2. The smallest absolute Gasteiger partial charge is 0.254 e. The van der Waals surface area contributed by atoms with Gasteiger partial charge in [0.25, 0.3) is 11.5 Å². The van der Waals surface area contributed by atoms with Gasteiger partial charge in [-0.2, -0.15) is 0 Å². The number of fused-ring (bicyclic) bond motifs is 5. The fraction of sp³-hybridized carbons (Fsp3) is 0.300. The molecule has 2 aliphatic heterocycles. The van der Waals surface area contributed by atoms with E-state index in [2.05, 4.69) is 4.98 Å². The van der Waals surface area contributed by atoms with Crippen LogP contribution in [0.4, 0.5) is 0 Å². The van der Waals surface area contributed by atoms with Crippen molar-refractivity contribution in [1.29, 1.82) is 0 Å². The standard InChI is InChI=1S/C20H19N3O2/c24-19-6-2-5-18-14-9-13(11-23(18)19)10-22(12-14)20(25)16-3-1-4-17-15(16)7-8-21-17/h1-8,13-14,21H,9-12H2/t13-,14+/m0/s1. The molecule has 1 N–H and O–H groups in total. The van der Waals surface area contributed by atoms with E-state index in [0.29, 0.717) is 19.0 Å². The first-order valence-corrected chi connectivity index (χ1v) is 8.76. The maximum Gasteiger partial charge on any atom is 0.254 e. The number of H-pyrrole nitrogens is 1. The van der Waals surface area contributed by atoms with E-state index in [0.717, 1.165) is 35.1 Å². The fourth-order valence-electron chi connectivity index (χ4n) is 4.50. The molecule has 126 valence electrons. The summed E-state index contributed by atoms with van der Waals surface area (Å²) in [6, 6.07) is 13.3. The zero-order chi connectivity index (χ0) is 17.0. The summed E-state index contributed by atoms with van der Waals surface area (Å²) in [5, 5.41) is 0.972. The topological polar surface area (TPSA) is 58.1 Å². The molecule has 3 aromatic rings. The lowest BCUT2D eigenvalue weighted by Gasteiger charge is -2.42. The van der Waals surface area contributed by atoms with Gasteiger partial charge in [-0.1, -0.05) is 12.1 Å². The first kappa shape index (κ1) is 14.5. The van der Waals surface area contributed by atoms with E-state index >= 15 is 0 Å². The van der Waals surface area contributed by atoms with Gasteiger partial charge >= 0.3 is 0 Å². The van der Waals surface area contributed by atoms with E-state index in [1.54, 1.807) is 6.07 Å². The lowest BCUT2D eigenvalue weighted by molar-refractivity contribution is 0.0596. The van der Waals surface area contributed by atoms with Crippen LogP contribution >= 0.6 is 0 Å². The van der Waals surface area contributed by atoms with Crippen molar-refractivity contribution >= 4 is 16.8 Å². The highest BCUT2D eigenvalue weighted by Gasteiger charge is 2.36. The minimum atomic E-state index is 0.0732. The molecule has 1 amide bonds. The zero-order valence-electron chi connectivity index (χ0n) is 13.8. The van der Waals surface area contributed by atoms with Crippen molar-refractivity contribution in [3.8, 4) is 0 Å². The number of hydrogen-bond donors (Lipinski definition) is 1. The molecule has 0 radical (unpaired) electrons. The predicted molar refractivity (Wildman–Crippen MR) is 95.8 cm³/mol. The summed E-state index contributed by atoms with van der Waals surface area (Å²) < 4.78 is 1.90. The lowest BCUT2D eigenvalue weighted by Crippen LogP contribution is -2.49. The van der Waals surface area contributed by atoms with Gasteiger partial charge < -0.3 is 14.5 Å². The molecule has 5 nitrogen and oxygen atoms in total. The molecule has 25 heavy (non-hydrogen) atoms. The highest BCUT2D eigenvalue weighted by atomic mass is 16.2. The highest BCUT2D eigenvalue weighted by molar-refractivity contribution is 6.06. The second-order valence-corrected chi connectivity index (χ2v) is 7.15. The van der Waals surface area contributed by atoms with E-state index in [1.165, 1.54) is 0 Å². The summed E-state index contributed by atoms with van der Waals surface area (Å²) in [4.78, 5) is 30.4. The lowest BCUT2D eigenvalue weighted by atomic mass is 9.83. The third kappa shape index (κ3) is 2.22. The van der Waals surface area contributed by atoms with Crippen LogP contribution in [0.2, 0.25) is 0 Å². The van der Waals surface area contributed by atoms with Gasteiger partial charge in [0.15, 0.2) is 0 Å². The van der Waals surface area contributed by atoms with Gasteiger partial charge in [0.2, 0.25) is 0 Å². The van der Waals surface area contributed by atoms with Gasteiger partial charge in [0.1, 0.15) is 0 Å². The Hall–Kier alpha value is -2.82. The van der Waals surface area contributed by atoms with Crippen molar-refractivity contribution in [1.82, 2.24) is 14.5 Å². The highest BCUT2D eigenvalue weighted by Crippen LogP contribution is 2.35. The van der Waals surface area contributed by atoms with E-state index in [9.17, 15) is 9.59 Å². The van der Waals surface area contributed by atoms with Crippen LogP contribution < -0.4 is 5.56 Å². The number of rotatable bonds is 1. The van der Waals surface area contributed by atoms with Crippen molar-refractivity contribution in [2.24, 2.45) is 5.92 Å². The molecule has 1 fully saturated rings. The van der Waals surface area contributed by atoms with Crippen molar-refractivity contribution in [2.75, 3.05) is 13.1 Å². The van der Waals surface area contributed by atoms with E-state index in [-0.39, 0.29) is 17.4 Å². The van der Waals surface area contributed by atoms with Crippen LogP contribution in [0.1, 0.15) is 28.4 Å². The molecule has 0 unspecified atom stereocenters. The van der Waals surface area contributed by atoms with Gasteiger partial charge in [-0.15, -0.1) is 0 Å². The molecule has 5 rings (SSSR count). The van der Waals surface area contributed by atoms with Crippen LogP contribution in [0, 0.1) is 5.92 Å². The van der Waals surface area contributed by atoms with Crippen molar-refractivity contribution < 1.29 is 4.79 Å². The summed E-state index contributed by atoms with van der Waals surface area (Å²) in [7, 11) is 0. The molecule has 0 aliphatic carbocycles. The molecule has 2 aliphatic rings. The van der Waals surface area contributed by atoms with Crippen molar-refractivity contribution in [3.05, 3.63) is 70.3 Å².